The number of nitrogens with one attached hydrogen (secondary N) is 1. The van der Waals surface area contributed by atoms with E-state index in [-0.39, 0.29) is 12.1 Å². The van der Waals surface area contributed by atoms with E-state index in [0.717, 1.165) is 5.56 Å². The minimum Gasteiger partial charge on any atom is -0.392 e. The van der Waals surface area contributed by atoms with Gasteiger partial charge in [-0.1, -0.05) is 0 Å². The van der Waals surface area contributed by atoms with E-state index < -0.39 is 0 Å². The Morgan fingerprint density at radius 3 is 2.53 bits per heavy atom. The minimum absolute atomic E-state index is 0.229. The summed E-state index contributed by atoms with van der Waals surface area (Å²) in [7, 11) is 0. The maximum atomic E-state index is 9.16. The standard InChI is InChI=1S/C11H21N3O/c1-8(2)14-7-11(6-13-14)10(4)12-5-9(3)15/h6-10,12,15H,5H2,1-4H3. The second kappa shape index (κ2) is 5.28. The molecule has 0 aliphatic carbocycles. The van der Waals surface area contributed by atoms with E-state index in [1.54, 1.807) is 6.92 Å². The summed E-state index contributed by atoms with van der Waals surface area (Å²) in [5.74, 6) is 0. The van der Waals surface area contributed by atoms with Gasteiger partial charge >= 0.3 is 0 Å². The molecule has 2 atom stereocenters. The van der Waals surface area contributed by atoms with E-state index in [9.17, 15) is 0 Å². The molecule has 86 valence electrons. The molecule has 0 aliphatic heterocycles. The highest BCUT2D eigenvalue weighted by Gasteiger charge is 2.09. The summed E-state index contributed by atoms with van der Waals surface area (Å²) in [5, 5.41) is 16.7. The highest BCUT2D eigenvalue weighted by atomic mass is 16.3. The van der Waals surface area contributed by atoms with Gasteiger partial charge in [-0.2, -0.15) is 5.10 Å². The molecular formula is C11H21N3O. The topological polar surface area (TPSA) is 50.1 Å². The first-order valence-electron chi connectivity index (χ1n) is 5.46. The van der Waals surface area contributed by atoms with Gasteiger partial charge in [-0.05, 0) is 27.7 Å². The Hall–Kier alpha value is -0.870. The Balaban J connectivity index is 2.54. The molecular weight excluding hydrogens is 190 g/mol. The summed E-state index contributed by atoms with van der Waals surface area (Å²) in [6.45, 7) is 8.66. The third-order valence-electron chi connectivity index (χ3n) is 2.37. The quantitative estimate of drug-likeness (QED) is 0.776. The summed E-state index contributed by atoms with van der Waals surface area (Å²) in [5.41, 5.74) is 1.16. The Labute approximate surface area is 91.3 Å². The van der Waals surface area contributed by atoms with Crippen LogP contribution in [0.25, 0.3) is 0 Å². The lowest BCUT2D eigenvalue weighted by Gasteiger charge is -2.13. The average molecular weight is 211 g/mol. The van der Waals surface area contributed by atoms with Gasteiger partial charge < -0.3 is 10.4 Å². The van der Waals surface area contributed by atoms with E-state index in [1.165, 1.54) is 0 Å². The molecule has 0 saturated carbocycles. The van der Waals surface area contributed by atoms with Crippen LogP contribution in [0.5, 0.6) is 0 Å². The summed E-state index contributed by atoms with van der Waals surface area (Å²) >= 11 is 0. The smallest absolute Gasteiger partial charge is 0.0636 e. The largest absolute Gasteiger partial charge is 0.392 e. The van der Waals surface area contributed by atoms with Crippen LogP contribution in [0.3, 0.4) is 0 Å². The maximum absolute atomic E-state index is 9.16. The van der Waals surface area contributed by atoms with Gasteiger partial charge in [0.15, 0.2) is 0 Å². The fraction of sp³-hybridized carbons (Fsp3) is 0.727. The van der Waals surface area contributed by atoms with Crippen molar-refractivity contribution in [3.8, 4) is 0 Å². The number of aliphatic hydroxyl groups excluding tert-OH is 1. The van der Waals surface area contributed by atoms with Crippen LogP contribution in [0.4, 0.5) is 0 Å². The Morgan fingerprint density at radius 1 is 1.40 bits per heavy atom. The first-order valence-corrected chi connectivity index (χ1v) is 5.46. The fourth-order valence-electron chi connectivity index (χ4n) is 1.32. The van der Waals surface area contributed by atoms with E-state index in [2.05, 4.69) is 31.2 Å². The van der Waals surface area contributed by atoms with Crippen molar-refractivity contribution in [1.29, 1.82) is 0 Å². The van der Waals surface area contributed by atoms with E-state index >= 15 is 0 Å². The number of aromatic nitrogens is 2. The molecule has 0 saturated heterocycles. The van der Waals surface area contributed by atoms with Gasteiger partial charge in [-0.15, -0.1) is 0 Å². The Kier molecular flexibility index (Phi) is 4.29. The van der Waals surface area contributed by atoms with E-state index in [0.29, 0.717) is 12.6 Å². The van der Waals surface area contributed by atoms with Crippen molar-refractivity contribution in [2.24, 2.45) is 0 Å². The predicted molar refractivity (Wildman–Crippen MR) is 60.7 cm³/mol. The predicted octanol–water partition coefficient (Wildman–Crippen LogP) is 1.50. The lowest BCUT2D eigenvalue weighted by atomic mass is 10.2. The first-order chi connectivity index (χ1) is 7.00. The van der Waals surface area contributed by atoms with Crippen molar-refractivity contribution in [3.05, 3.63) is 18.0 Å². The molecule has 0 aromatic carbocycles. The number of aliphatic hydroxyl groups is 1. The Bertz CT molecular complexity index is 294. The lowest BCUT2D eigenvalue weighted by Crippen LogP contribution is -2.26. The molecule has 2 N–H and O–H groups in total. The molecule has 0 aliphatic rings. The lowest BCUT2D eigenvalue weighted by molar-refractivity contribution is 0.187. The van der Waals surface area contributed by atoms with Gasteiger partial charge in [0.25, 0.3) is 0 Å². The first kappa shape index (κ1) is 12.2. The summed E-state index contributed by atoms with van der Waals surface area (Å²) in [6.07, 6.45) is 3.61. The van der Waals surface area contributed by atoms with Crippen LogP contribution in [0.2, 0.25) is 0 Å². The van der Waals surface area contributed by atoms with Crippen LogP contribution in [0, 0.1) is 0 Å². The third kappa shape index (κ3) is 3.64. The SMILES string of the molecule is CC(O)CNC(C)c1cnn(C(C)C)c1. The van der Waals surface area contributed by atoms with Crippen LogP contribution in [-0.4, -0.2) is 27.5 Å². The van der Waals surface area contributed by atoms with Gasteiger partial charge in [0.05, 0.1) is 12.3 Å². The molecule has 0 amide bonds. The molecule has 1 heterocycles. The molecule has 0 radical (unpaired) electrons. The number of hydrogen-bond acceptors (Lipinski definition) is 3. The molecule has 0 spiro atoms. The monoisotopic (exact) mass is 211 g/mol. The third-order valence-corrected chi connectivity index (χ3v) is 2.37. The van der Waals surface area contributed by atoms with Gasteiger partial charge in [-0.3, -0.25) is 4.68 Å². The fourth-order valence-corrected chi connectivity index (χ4v) is 1.32. The highest BCUT2D eigenvalue weighted by Crippen LogP contribution is 2.13. The van der Waals surface area contributed by atoms with Crippen LogP contribution < -0.4 is 5.32 Å². The molecule has 1 rings (SSSR count). The van der Waals surface area contributed by atoms with E-state index in [4.69, 9.17) is 5.11 Å². The Morgan fingerprint density at radius 2 is 2.07 bits per heavy atom. The normalized spacial score (nSPS) is 15.6. The highest BCUT2D eigenvalue weighted by molar-refractivity contribution is 5.09. The molecule has 1 aromatic rings. The number of rotatable bonds is 5. The molecule has 1 aromatic heterocycles. The van der Waals surface area contributed by atoms with Crippen molar-refractivity contribution in [2.45, 2.75) is 45.9 Å². The van der Waals surface area contributed by atoms with Crippen LogP contribution in [0.1, 0.15) is 45.3 Å². The second-order valence-electron chi connectivity index (χ2n) is 4.33. The summed E-state index contributed by atoms with van der Waals surface area (Å²) < 4.78 is 1.94. The van der Waals surface area contributed by atoms with Gasteiger partial charge in [0.1, 0.15) is 0 Å². The maximum Gasteiger partial charge on any atom is 0.0636 e. The summed E-state index contributed by atoms with van der Waals surface area (Å²) in [6, 6.07) is 0.620. The molecule has 0 bridgehead atoms. The minimum atomic E-state index is -0.312. The van der Waals surface area contributed by atoms with Gasteiger partial charge in [-0.25, -0.2) is 0 Å². The van der Waals surface area contributed by atoms with Crippen LogP contribution in [0.15, 0.2) is 12.4 Å². The van der Waals surface area contributed by atoms with Crippen LogP contribution in [-0.2, 0) is 0 Å². The van der Waals surface area contributed by atoms with E-state index in [1.807, 2.05) is 17.1 Å². The molecule has 2 unspecified atom stereocenters. The average Bonchev–Trinajstić information content (AvgIpc) is 2.62. The summed E-state index contributed by atoms with van der Waals surface area (Å²) in [4.78, 5) is 0. The van der Waals surface area contributed by atoms with Gasteiger partial charge in [0.2, 0.25) is 0 Å². The van der Waals surface area contributed by atoms with Crippen molar-refractivity contribution in [2.75, 3.05) is 6.54 Å². The van der Waals surface area contributed by atoms with Crippen LogP contribution >= 0.6 is 0 Å². The molecule has 0 fully saturated rings. The van der Waals surface area contributed by atoms with Gasteiger partial charge in [0, 0.05) is 30.4 Å². The van der Waals surface area contributed by atoms with Crippen molar-refractivity contribution >= 4 is 0 Å². The molecule has 4 nitrogen and oxygen atoms in total. The van der Waals surface area contributed by atoms with Crippen molar-refractivity contribution < 1.29 is 5.11 Å². The zero-order valence-corrected chi connectivity index (χ0v) is 9.94. The zero-order valence-electron chi connectivity index (χ0n) is 9.94. The number of hydrogen-bond donors (Lipinski definition) is 2. The molecule has 4 heteroatoms. The zero-order chi connectivity index (χ0) is 11.4. The molecule has 15 heavy (non-hydrogen) atoms. The number of nitrogens with zero attached hydrogens (tertiary/aromatic N) is 2. The second-order valence-corrected chi connectivity index (χ2v) is 4.33. The van der Waals surface area contributed by atoms with Crippen molar-refractivity contribution in [1.82, 2.24) is 15.1 Å². The van der Waals surface area contributed by atoms with Crippen molar-refractivity contribution in [3.63, 3.8) is 0 Å².